The first kappa shape index (κ1) is 23.7. The first-order valence-corrected chi connectivity index (χ1v) is 13.8. The van der Waals surface area contributed by atoms with Crippen molar-refractivity contribution in [2.45, 2.75) is 46.5 Å². The Balaban J connectivity index is 1.71. The van der Waals surface area contributed by atoms with Crippen LogP contribution in [0.3, 0.4) is 0 Å². The summed E-state index contributed by atoms with van der Waals surface area (Å²) in [4.78, 5) is 10.5. The first-order valence-electron chi connectivity index (χ1n) is 13.8. The van der Waals surface area contributed by atoms with Crippen molar-refractivity contribution in [1.82, 2.24) is 14.5 Å². The van der Waals surface area contributed by atoms with E-state index in [1.807, 2.05) is 18.2 Å². The van der Waals surface area contributed by atoms with Crippen LogP contribution in [0.15, 0.2) is 89.3 Å². The summed E-state index contributed by atoms with van der Waals surface area (Å²) >= 11 is 0. The second-order valence-corrected chi connectivity index (χ2v) is 11.1. The smallest absolute Gasteiger partial charge is 0.149 e. The highest BCUT2D eigenvalue weighted by molar-refractivity contribution is 6.11. The lowest BCUT2D eigenvalue weighted by Crippen LogP contribution is -2.09. The number of furan rings is 1. The largest absolute Gasteiger partial charge is 0.455 e. The number of aromatic nitrogens is 3. The Morgan fingerprint density at radius 1 is 0.667 bits per heavy atom. The molecular weight excluding hydrogens is 478 g/mol. The topological polar surface area (TPSA) is 43.9 Å². The highest BCUT2D eigenvalue weighted by atomic mass is 16.3. The second kappa shape index (κ2) is 8.81. The number of para-hydroxylation sites is 4. The molecule has 0 N–H and O–H groups in total. The fourth-order valence-corrected chi connectivity index (χ4v) is 6.04. The van der Waals surface area contributed by atoms with Crippen LogP contribution in [0.1, 0.15) is 56.4 Å². The molecule has 0 spiro atoms. The van der Waals surface area contributed by atoms with Crippen LogP contribution in [0.5, 0.6) is 0 Å². The molecule has 3 aromatic heterocycles. The fourth-order valence-electron chi connectivity index (χ4n) is 6.04. The molecule has 0 atom stereocenters. The summed E-state index contributed by atoms with van der Waals surface area (Å²) in [7, 11) is 0. The molecule has 0 unspecified atom stereocenters. The normalized spacial score (nSPS) is 12.2. The quantitative estimate of drug-likeness (QED) is 0.237. The summed E-state index contributed by atoms with van der Waals surface area (Å²) < 4.78 is 8.90. The monoisotopic (exact) mass is 509 g/mol. The Kier molecular flexibility index (Phi) is 5.34. The van der Waals surface area contributed by atoms with E-state index in [1.165, 1.54) is 16.8 Å². The van der Waals surface area contributed by atoms with Crippen molar-refractivity contribution in [3.8, 4) is 17.1 Å². The summed E-state index contributed by atoms with van der Waals surface area (Å²) in [5.74, 6) is 1.55. The third kappa shape index (κ3) is 3.51. The average Bonchev–Trinajstić information content (AvgIpc) is 3.52. The average molecular weight is 510 g/mol. The highest BCUT2D eigenvalue weighted by Gasteiger charge is 2.26. The van der Waals surface area contributed by atoms with Gasteiger partial charge in [-0.3, -0.25) is 9.55 Å². The lowest BCUT2D eigenvalue weighted by molar-refractivity contribution is 0.669. The Morgan fingerprint density at radius 3 is 2.05 bits per heavy atom. The lowest BCUT2D eigenvalue weighted by Gasteiger charge is -2.23. The molecule has 7 aromatic rings. The Morgan fingerprint density at radius 2 is 1.31 bits per heavy atom. The lowest BCUT2D eigenvalue weighted by atomic mass is 9.92. The van der Waals surface area contributed by atoms with Crippen LogP contribution >= 0.6 is 0 Å². The van der Waals surface area contributed by atoms with Gasteiger partial charge in [0.05, 0.1) is 28.0 Å². The van der Waals surface area contributed by atoms with Gasteiger partial charge < -0.3 is 4.42 Å². The van der Waals surface area contributed by atoms with E-state index in [1.54, 1.807) is 0 Å². The molecule has 7 rings (SSSR count). The molecule has 0 saturated carbocycles. The SMILES string of the molecule is Cc1nc2ccccc2c2nc(-c3cccc4c3oc3ccccc34)n(-c3c(C(C)C)cccc3C(C)C)c12. The van der Waals surface area contributed by atoms with E-state index >= 15 is 0 Å². The minimum atomic E-state index is 0.333. The van der Waals surface area contributed by atoms with Gasteiger partial charge in [-0.15, -0.1) is 0 Å². The number of hydrogen-bond acceptors (Lipinski definition) is 3. The number of aryl methyl sites for hydroxylation is 1. The second-order valence-electron chi connectivity index (χ2n) is 11.1. The summed E-state index contributed by atoms with van der Waals surface area (Å²) in [5, 5.41) is 3.27. The first-order chi connectivity index (χ1) is 18.9. The van der Waals surface area contributed by atoms with Crippen molar-refractivity contribution >= 4 is 43.9 Å². The minimum absolute atomic E-state index is 0.333. The zero-order valence-electron chi connectivity index (χ0n) is 23.0. The van der Waals surface area contributed by atoms with Crippen molar-refractivity contribution < 1.29 is 4.42 Å². The molecule has 4 heteroatoms. The molecule has 3 heterocycles. The third-order valence-electron chi connectivity index (χ3n) is 7.88. The van der Waals surface area contributed by atoms with Crippen molar-refractivity contribution in [1.29, 1.82) is 0 Å². The van der Waals surface area contributed by atoms with Crippen LogP contribution in [0.2, 0.25) is 0 Å². The molecule has 4 nitrogen and oxygen atoms in total. The summed E-state index contributed by atoms with van der Waals surface area (Å²) in [6.45, 7) is 11.2. The maximum absolute atomic E-state index is 6.53. The predicted molar refractivity (Wildman–Crippen MR) is 162 cm³/mol. The van der Waals surface area contributed by atoms with Gasteiger partial charge in [-0.05, 0) is 48.1 Å². The van der Waals surface area contributed by atoms with Crippen molar-refractivity contribution in [2.75, 3.05) is 0 Å². The van der Waals surface area contributed by atoms with Gasteiger partial charge in [-0.2, -0.15) is 0 Å². The molecule has 0 aliphatic carbocycles. The van der Waals surface area contributed by atoms with Gasteiger partial charge in [0, 0.05) is 16.2 Å². The standard InChI is InChI=1S/C35H31N3O/c1-20(2)23-14-10-15-24(21(3)4)33(23)38-32-22(5)36-29-18-8-6-13-27(29)31(32)37-35(38)28-17-11-16-26-25-12-7-9-19-30(25)39-34(26)28/h6-21H,1-5H3. The van der Waals surface area contributed by atoms with Gasteiger partial charge in [0.2, 0.25) is 0 Å². The molecule has 0 bridgehead atoms. The number of pyridine rings is 1. The summed E-state index contributed by atoms with van der Waals surface area (Å²) in [6, 6.07) is 29.7. The summed E-state index contributed by atoms with van der Waals surface area (Å²) in [5.41, 5.74) is 10.5. The Bertz CT molecular complexity index is 2010. The molecule has 0 radical (unpaired) electrons. The fraction of sp³-hybridized carbons (Fsp3) is 0.200. The van der Waals surface area contributed by atoms with E-state index in [2.05, 4.69) is 106 Å². The zero-order chi connectivity index (χ0) is 26.8. The van der Waals surface area contributed by atoms with E-state index in [4.69, 9.17) is 14.4 Å². The van der Waals surface area contributed by atoms with Crippen molar-refractivity contribution in [2.24, 2.45) is 0 Å². The maximum Gasteiger partial charge on any atom is 0.149 e. The number of rotatable bonds is 4. The van der Waals surface area contributed by atoms with E-state index in [0.29, 0.717) is 11.8 Å². The van der Waals surface area contributed by atoms with Gasteiger partial charge in [0.1, 0.15) is 22.5 Å². The predicted octanol–water partition coefficient (Wildman–Crippen LogP) is 9.70. The van der Waals surface area contributed by atoms with E-state index in [9.17, 15) is 0 Å². The molecule has 0 aliphatic heterocycles. The van der Waals surface area contributed by atoms with Crippen LogP contribution in [-0.4, -0.2) is 14.5 Å². The van der Waals surface area contributed by atoms with Gasteiger partial charge in [-0.1, -0.05) is 94.4 Å². The molecule has 192 valence electrons. The number of hydrogen-bond donors (Lipinski definition) is 0. The summed E-state index contributed by atoms with van der Waals surface area (Å²) in [6.07, 6.45) is 0. The number of fused-ring (bicyclic) bond motifs is 6. The van der Waals surface area contributed by atoms with Gasteiger partial charge in [0.15, 0.2) is 0 Å². The zero-order valence-corrected chi connectivity index (χ0v) is 23.0. The van der Waals surface area contributed by atoms with Gasteiger partial charge >= 0.3 is 0 Å². The third-order valence-corrected chi connectivity index (χ3v) is 7.88. The van der Waals surface area contributed by atoms with Crippen LogP contribution in [-0.2, 0) is 0 Å². The van der Waals surface area contributed by atoms with Gasteiger partial charge in [0.25, 0.3) is 0 Å². The molecule has 0 saturated heterocycles. The molecule has 0 aliphatic rings. The van der Waals surface area contributed by atoms with E-state index < -0.39 is 0 Å². The maximum atomic E-state index is 6.53. The van der Waals surface area contributed by atoms with Crippen LogP contribution in [0, 0.1) is 6.92 Å². The van der Waals surface area contributed by atoms with Crippen LogP contribution in [0.4, 0.5) is 0 Å². The number of imidazole rings is 1. The van der Waals surface area contributed by atoms with Crippen molar-refractivity contribution in [3.63, 3.8) is 0 Å². The van der Waals surface area contributed by atoms with E-state index in [0.717, 1.165) is 61.0 Å². The van der Waals surface area contributed by atoms with E-state index in [-0.39, 0.29) is 0 Å². The molecule has 4 aromatic carbocycles. The number of nitrogens with zero attached hydrogens (tertiary/aromatic N) is 3. The van der Waals surface area contributed by atoms with Crippen LogP contribution < -0.4 is 0 Å². The molecule has 0 fully saturated rings. The number of benzene rings is 4. The highest BCUT2D eigenvalue weighted by Crippen LogP contribution is 2.42. The Hall–Kier alpha value is -4.44. The molecule has 39 heavy (non-hydrogen) atoms. The molecule has 0 amide bonds. The van der Waals surface area contributed by atoms with Crippen LogP contribution in [0.25, 0.3) is 61.0 Å². The van der Waals surface area contributed by atoms with Gasteiger partial charge in [-0.25, -0.2) is 4.98 Å². The molecular formula is C35H31N3O. The Labute approximate surface area is 227 Å². The van der Waals surface area contributed by atoms with Crippen molar-refractivity contribution in [3.05, 3.63) is 102 Å². The minimum Gasteiger partial charge on any atom is -0.455 e.